The fourth-order valence-corrected chi connectivity index (χ4v) is 2.25. The van der Waals surface area contributed by atoms with Crippen LogP contribution in [0, 0.1) is 0 Å². The molecule has 1 heterocycles. The normalized spacial score (nSPS) is 10.6. The van der Waals surface area contributed by atoms with Crippen molar-refractivity contribution in [2.45, 2.75) is 19.8 Å². The van der Waals surface area contributed by atoms with E-state index in [-0.39, 0.29) is 11.6 Å². The molecule has 2 rings (SSSR count). The van der Waals surface area contributed by atoms with E-state index in [1.54, 1.807) is 32.2 Å². The van der Waals surface area contributed by atoms with Crippen molar-refractivity contribution in [3.63, 3.8) is 0 Å². The molecule has 0 saturated heterocycles. The monoisotopic (exact) mass is 290 g/mol. The third kappa shape index (κ3) is 3.16. The number of benzene rings is 1. The van der Waals surface area contributed by atoms with Gasteiger partial charge in [0.15, 0.2) is 0 Å². The Morgan fingerprint density at radius 1 is 1.38 bits per heavy atom. The molecule has 1 aromatic carbocycles. The van der Waals surface area contributed by atoms with Crippen LogP contribution >= 0.6 is 0 Å². The smallest absolute Gasteiger partial charge is 0.352 e. The van der Waals surface area contributed by atoms with Crippen molar-refractivity contribution in [1.82, 2.24) is 10.3 Å². The van der Waals surface area contributed by atoms with Gasteiger partial charge in [0, 0.05) is 23.9 Å². The number of H-pyrrole nitrogens is 1. The van der Waals surface area contributed by atoms with Crippen LogP contribution in [0.15, 0.2) is 18.2 Å². The first-order chi connectivity index (χ1) is 10.1. The summed E-state index contributed by atoms with van der Waals surface area (Å²) in [7, 11) is 1.56. The molecule has 0 atom stereocenters. The van der Waals surface area contributed by atoms with Gasteiger partial charge in [-0.1, -0.05) is 6.92 Å². The number of aromatic nitrogens is 1. The molecule has 6 heteroatoms. The highest BCUT2D eigenvalue weighted by Gasteiger charge is 2.17. The van der Waals surface area contributed by atoms with E-state index in [1.807, 2.05) is 0 Å². The number of hydrogen-bond donors (Lipinski definition) is 3. The maximum atomic E-state index is 11.3. The third-order valence-electron chi connectivity index (χ3n) is 3.35. The van der Waals surface area contributed by atoms with Gasteiger partial charge >= 0.3 is 5.97 Å². The van der Waals surface area contributed by atoms with E-state index in [0.29, 0.717) is 30.7 Å². The summed E-state index contributed by atoms with van der Waals surface area (Å²) >= 11 is 0. The molecule has 0 unspecified atom stereocenters. The number of hydrogen-bond acceptors (Lipinski definition) is 3. The van der Waals surface area contributed by atoms with Crippen LogP contribution < -0.4 is 10.1 Å². The van der Waals surface area contributed by atoms with Crippen LogP contribution in [0.4, 0.5) is 0 Å². The lowest BCUT2D eigenvalue weighted by Gasteiger charge is -2.05. The van der Waals surface area contributed by atoms with E-state index in [2.05, 4.69) is 10.3 Å². The van der Waals surface area contributed by atoms with Crippen LogP contribution in [0.2, 0.25) is 0 Å². The van der Waals surface area contributed by atoms with Crippen LogP contribution in [0.5, 0.6) is 5.75 Å². The first kappa shape index (κ1) is 14.9. The number of carboxylic acids is 1. The van der Waals surface area contributed by atoms with Gasteiger partial charge in [-0.25, -0.2) is 4.79 Å². The minimum Gasteiger partial charge on any atom is -0.497 e. The predicted octanol–water partition coefficient (Wildman–Crippen LogP) is 1.94. The lowest BCUT2D eigenvalue weighted by molar-refractivity contribution is -0.120. The lowest BCUT2D eigenvalue weighted by Crippen LogP contribution is -2.24. The van der Waals surface area contributed by atoms with Crippen molar-refractivity contribution in [3.05, 3.63) is 29.5 Å². The molecule has 6 nitrogen and oxygen atoms in total. The van der Waals surface area contributed by atoms with Crippen LogP contribution in [-0.4, -0.2) is 35.6 Å². The van der Waals surface area contributed by atoms with Crippen molar-refractivity contribution in [1.29, 1.82) is 0 Å². The van der Waals surface area contributed by atoms with Crippen molar-refractivity contribution < 1.29 is 19.4 Å². The topological polar surface area (TPSA) is 91.4 Å². The van der Waals surface area contributed by atoms with E-state index < -0.39 is 5.97 Å². The number of ether oxygens (including phenoxy) is 1. The molecule has 1 aromatic heterocycles. The quantitative estimate of drug-likeness (QED) is 0.758. The highest BCUT2D eigenvalue weighted by atomic mass is 16.5. The van der Waals surface area contributed by atoms with Gasteiger partial charge in [0.05, 0.1) is 7.11 Å². The van der Waals surface area contributed by atoms with Gasteiger partial charge in [0.25, 0.3) is 0 Å². The van der Waals surface area contributed by atoms with E-state index in [4.69, 9.17) is 4.74 Å². The molecule has 3 N–H and O–H groups in total. The number of nitrogens with one attached hydrogen (secondary N) is 2. The van der Waals surface area contributed by atoms with Crippen molar-refractivity contribution >= 4 is 22.8 Å². The maximum absolute atomic E-state index is 11.3. The molecule has 0 aliphatic rings. The van der Waals surface area contributed by atoms with Crippen molar-refractivity contribution in [3.8, 4) is 5.75 Å². The fraction of sp³-hybridized carbons (Fsp3) is 0.333. The first-order valence-electron chi connectivity index (χ1n) is 6.75. The molecule has 0 bridgehead atoms. The molecule has 0 radical (unpaired) electrons. The molecule has 2 aromatic rings. The molecular formula is C15H18N2O4. The fourth-order valence-electron chi connectivity index (χ4n) is 2.25. The molecule has 0 fully saturated rings. The summed E-state index contributed by atoms with van der Waals surface area (Å²) in [5.41, 5.74) is 1.57. The second-order valence-corrected chi connectivity index (χ2v) is 4.65. The average molecular weight is 290 g/mol. The van der Waals surface area contributed by atoms with Crippen LogP contribution in [0.3, 0.4) is 0 Å². The van der Waals surface area contributed by atoms with Crippen molar-refractivity contribution in [2.24, 2.45) is 0 Å². The Bertz CT molecular complexity index is 676. The molecule has 0 aliphatic carbocycles. The van der Waals surface area contributed by atoms with Crippen LogP contribution in [0.1, 0.15) is 29.4 Å². The standard InChI is InChI=1S/C15H18N2O4/c1-3-13(18)16-7-6-10-11-8-9(21-2)4-5-12(11)17-14(10)15(19)20/h4-5,8,17H,3,6-7H2,1-2H3,(H,16,18)(H,19,20). The summed E-state index contributed by atoms with van der Waals surface area (Å²) in [5.74, 6) is -0.399. The number of fused-ring (bicyclic) bond motifs is 1. The predicted molar refractivity (Wildman–Crippen MR) is 78.8 cm³/mol. The number of aromatic amines is 1. The molecule has 0 saturated carbocycles. The Morgan fingerprint density at radius 2 is 2.14 bits per heavy atom. The van der Waals surface area contributed by atoms with Crippen LogP contribution in [-0.2, 0) is 11.2 Å². The number of aromatic carboxylic acids is 1. The molecule has 1 amide bonds. The molecule has 0 aliphatic heterocycles. The number of carbonyl (C=O) groups excluding carboxylic acids is 1. The van der Waals surface area contributed by atoms with Gasteiger partial charge in [0.1, 0.15) is 11.4 Å². The molecule has 21 heavy (non-hydrogen) atoms. The van der Waals surface area contributed by atoms with Gasteiger partial charge in [-0.05, 0) is 30.2 Å². The van der Waals surface area contributed by atoms with Gasteiger partial charge in [-0.3, -0.25) is 4.79 Å². The van der Waals surface area contributed by atoms with Crippen LogP contribution in [0.25, 0.3) is 10.9 Å². The number of amides is 1. The van der Waals surface area contributed by atoms with Gasteiger partial charge < -0.3 is 20.1 Å². The minimum atomic E-state index is -1.01. The first-order valence-corrected chi connectivity index (χ1v) is 6.75. The van der Waals surface area contributed by atoms with E-state index >= 15 is 0 Å². The number of methoxy groups -OCH3 is 1. The summed E-state index contributed by atoms with van der Waals surface area (Å²) in [5, 5.41) is 12.9. The average Bonchev–Trinajstić information content (AvgIpc) is 2.85. The Morgan fingerprint density at radius 3 is 2.76 bits per heavy atom. The summed E-state index contributed by atoms with van der Waals surface area (Å²) in [6, 6.07) is 5.36. The SMILES string of the molecule is CCC(=O)NCCc1c(C(=O)O)[nH]c2ccc(OC)cc12. The summed E-state index contributed by atoms with van der Waals surface area (Å²) in [6.07, 6.45) is 0.855. The zero-order valence-electron chi connectivity index (χ0n) is 12.0. The molecular weight excluding hydrogens is 272 g/mol. The second kappa shape index (κ2) is 6.30. The lowest BCUT2D eigenvalue weighted by atomic mass is 10.1. The van der Waals surface area contributed by atoms with Gasteiger partial charge in [0.2, 0.25) is 5.91 Å². The Balaban J connectivity index is 2.35. The highest BCUT2D eigenvalue weighted by Crippen LogP contribution is 2.27. The van der Waals surface area contributed by atoms with Gasteiger partial charge in [-0.15, -0.1) is 0 Å². The zero-order chi connectivity index (χ0) is 15.4. The summed E-state index contributed by atoms with van der Waals surface area (Å²) in [4.78, 5) is 25.5. The Hall–Kier alpha value is -2.50. The molecule has 112 valence electrons. The Labute approximate surface area is 122 Å². The summed E-state index contributed by atoms with van der Waals surface area (Å²) in [6.45, 7) is 2.17. The van der Waals surface area contributed by atoms with E-state index in [0.717, 1.165) is 10.9 Å². The van der Waals surface area contributed by atoms with Crippen molar-refractivity contribution in [2.75, 3.05) is 13.7 Å². The largest absolute Gasteiger partial charge is 0.497 e. The maximum Gasteiger partial charge on any atom is 0.352 e. The molecule has 0 spiro atoms. The van der Waals surface area contributed by atoms with Gasteiger partial charge in [-0.2, -0.15) is 0 Å². The van der Waals surface area contributed by atoms with E-state index in [1.165, 1.54) is 0 Å². The van der Waals surface area contributed by atoms with E-state index in [9.17, 15) is 14.7 Å². The number of carboxylic acid groups (broad SMARTS) is 1. The third-order valence-corrected chi connectivity index (χ3v) is 3.35. The zero-order valence-corrected chi connectivity index (χ0v) is 12.0. The minimum absolute atomic E-state index is 0.0516. The highest BCUT2D eigenvalue weighted by molar-refractivity contribution is 5.97. The summed E-state index contributed by atoms with van der Waals surface area (Å²) < 4.78 is 5.18. The Kier molecular flexibility index (Phi) is 4.47. The second-order valence-electron chi connectivity index (χ2n) is 4.65. The number of carbonyl (C=O) groups is 2. The number of rotatable bonds is 6.